The van der Waals surface area contributed by atoms with Crippen molar-refractivity contribution < 1.29 is 22.7 Å². The van der Waals surface area contributed by atoms with E-state index in [1.165, 1.54) is 0 Å². The Labute approximate surface area is 141 Å². The van der Waals surface area contributed by atoms with Crippen LogP contribution in [0, 0.1) is 5.92 Å². The number of benzene rings is 2. The third-order valence-corrected chi connectivity index (χ3v) is 4.13. The van der Waals surface area contributed by atoms with Crippen LogP contribution < -0.4 is 10.1 Å². The van der Waals surface area contributed by atoms with Crippen LogP contribution in [0.2, 0.25) is 5.02 Å². The van der Waals surface area contributed by atoms with Crippen molar-refractivity contribution in [1.29, 1.82) is 0 Å². The first-order valence-corrected chi connectivity index (χ1v) is 7.60. The molecule has 1 N–H and O–H groups in total. The molecule has 0 bridgehead atoms. The van der Waals surface area contributed by atoms with Crippen LogP contribution in [0.4, 0.5) is 18.9 Å². The molecule has 3 nitrogen and oxygen atoms in total. The summed E-state index contributed by atoms with van der Waals surface area (Å²) >= 11 is 5.90. The molecular formula is C17H13ClF3NO2. The predicted molar refractivity (Wildman–Crippen MR) is 84.2 cm³/mol. The van der Waals surface area contributed by atoms with E-state index in [0.29, 0.717) is 6.42 Å². The average molecular weight is 356 g/mol. The lowest BCUT2D eigenvalue weighted by Crippen LogP contribution is -2.32. The van der Waals surface area contributed by atoms with Gasteiger partial charge in [0.2, 0.25) is 5.91 Å². The van der Waals surface area contributed by atoms with Gasteiger partial charge in [-0.25, -0.2) is 0 Å². The Morgan fingerprint density at radius 3 is 2.71 bits per heavy atom. The minimum atomic E-state index is -4.50. The van der Waals surface area contributed by atoms with Gasteiger partial charge < -0.3 is 10.1 Å². The van der Waals surface area contributed by atoms with Gasteiger partial charge in [-0.1, -0.05) is 29.8 Å². The number of carbonyl (C=O) groups excluding carboxylic acids is 1. The summed E-state index contributed by atoms with van der Waals surface area (Å²) in [7, 11) is 0. The number of hydrogen-bond donors (Lipinski definition) is 1. The largest absolute Gasteiger partial charge is 0.492 e. The minimum absolute atomic E-state index is 0.0495. The number of nitrogens with one attached hydrogen (secondary N) is 1. The molecule has 0 aromatic heterocycles. The third-order valence-electron chi connectivity index (χ3n) is 3.80. The molecule has 1 amide bonds. The number of fused-ring (bicyclic) bond motifs is 1. The molecule has 0 aliphatic carbocycles. The van der Waals surface area contributed by atoms with Gasteiger partial charge in [-0.15, -0.1) is 0 Å². The van der Waals surface area contributed by atoms with E-state index in [4.69, 9.17) is 16.3 Å². The lowest BCUT2D eigenvalue weighted by Gasteiger charge is -2.24. The van der Waals surface area contributed by atoms with Crippen molar-refractivity contribution in [3.8, 4) is 5.75 Å². The van der Waals surface area contributed by atoms with Gasteiger partial charge in [0.1, 0.15) is 12.4 Å². The molecule has 2 aromatic rings. The summed E-state index contributed by atoms with van der Waals surface area (Å²) < 4.78 is 43.9. The summed E-state index contributed by atoms with van der Waals surface area (Å²) in [5, 5.41) is 2.52. The monoisotopic (exact) mass is 355 g/mol. The average Bonchev–Trinajstić information content (AvgIpc) is 2.55. The molecule has 0 radical (unpaired) electrons. The molecule has 0 saturated heterocycles. The second-order valence-corrected chi connectivity index (χ2v) is 5.91. The Balaban J connectivity index is 1.76. The molecule has 2 aromatic carbocycles. The number of anilines is 1. The van der Waals surface area contributed by atoms with E-state index >= 15 is 0 Å². The molecule has 0 spiro atoms. The zero-order valence-corrected chi connectivity index (χ0v) is 13.1. The second-order valence-electron chi connectivity index (χ2n) is 5.50. The molecule has 7 heteroatoms. The predicted octanol–water partition coefficient (Wildman–Crippen LogP) is 4.55. The first-order chi connectivity index (χ1) is 11.3. The van der Waals surface area contributed by atoms with Crippen LogP contribution in [-0.2, 0) is 17.4 Å². The van der Waals surface area contributed by atoms with Gasteiger partial charge in [0.25, 0.3) is 0 Å². The molecule has 0 unspecified atom stereocenters. The maximum absolute atomic E-state index is 12.8. The van der Waals surface area contributed by atoms with Crippen LogP contribution in [0.15, 0.2) is 42.5 Å². The van der Waals surface area contributed by atoms with Gasteiger partial charge in [-0.3, -0.25) is 4.79 Å². The van der Waals surface area contributed by atoms with Crippen LogP contribution in [0.5, 0.6) is 5.75 Å². The van der Waals surface area contributed by atoms with Crippen molar-refractivity contribution in [3.63, 3.8) is 0 Å². The quantitative estimate of drug-likeness (QED) is 0.858. The van der Waals surface area contributed by atoms with Crippen LogP contribution >= 0.6 is 11.6 Å². The SMILES string of the molecule is O=C(Nc1cc(C(F)(F)F)ccc1Cl)[C@@H]1COc2ccccc2C1. The van der Waals surface area contributed by atoms with Crippen molar-refractivity contribution in [1.82, 2.24) is 0 Å². The minimum Gasteiger partial charge on any atom is -0.492 e. The lowest BCUT2D eigenvalue weighted by molar-refractivity contribution is -0.137. The number of hydrogen-bond acceptors (Lipinski definition) is 2. The summed E-state index contributed by atoms with van der Waals surface area (Å²) in [4.78, 5) is 12.4. The number of amides is 1. The highest BCUT2D eigenvalue weighted by molar-refractivity contribution is 6.33. The Bertz CT molecular complexity index is 777. The fourth-order valence-corrected chi connectivity index (χ4v) is 2.69. The van der Waals surface area contributed by atoms with Crippen molar-refractivity contribution >= 4 is 23.2 Å². The molecule has 1 aliphatic rings. The van der Waals surface area contributed by atoms with Crippen LogP contribution in [0.3, 0.4) is 0 Å². The molecule has 0 saturated carbocycles. The summed E-state index contributed by atoms with van der Waals surface area (Å²) in [6, 6.07) is 10.2. The molecular weight excluding hydrogens is 343 g/mol. The maximum atomic E-state index is 12.8. The second kappa shape index (κ2) is 6.36. The van der Waals surface area contributed by atoms with E-state index in [9.17, 15) is 18.0 Å². The highest BCUT2D eigenvalue weighted by Crippen LogP contribution is 2.34. The number of alkyl halides is 3. The topological polar surface area (TPSA) is 38.3 Å². The number of para-hydroxylation sites is 1. The molecule has 1 heterocycles. The number of ether oxygens (including phenoxy) is 1. The van der Waals surface area contributed by atoms with Gasteiger partial charge in [-0.2, -0.15) is 13.2 Å². The van der Waals surface area contributed by atoms with Gasteiger partial charge in [0.05, 0.1) is 22.2 Å². The molecule has 3 rings (SSSR count). The van der Waals surface area contributed by atoms with Crippen LogP contribution in [-0.4, -0.2) is 12.5 Å². The summed E-state index contributed by atoms with van der Waals surface area (Å²) in [5.41, 5.74) is -0.0400. The van der Waals surface area contributed by atoms with Crippen molar-refractivity contribution in [3.05, 3.63) is 58.6 Å². The van der Waals surface area contributed by atoms with Crippen molar-refractivity contribution in [2.24, 2.45) is 5.92 Å². The molecule has 24 heavy (non-hydrogen) atoms. The number of carbonyl (C=O) groups is 1. The van der Waals surface area contributed by atoms with E-state index in [0.717, 1.165) is 29.5 Å². The third kappa shape index (κ3) is 3.48. The first-order valence-electron chi connectivity index (χ1n) is 7.23. The van der Waals surface area contributed by atoms with Crippen LogP contribution in [0.25, 0.3) is 0 Å². The van der Waals surface area contributed by atoms with E-state index < -0.39 is 23.6 Å². The Morgan fingerprint density at radius 1 is 1.21 bits per heavy atom. The normalized spacial score (nSPS) is 16.9. The molecule has 0 fully saturated rings. The van der Waals surface area contributed by atoms with Gasteiger partial charge in [0.15, 0.2) is 0 Å². The van der Waals surface area contributed by atoms with Crippen molar-refractivity contribution in [2.45, 2.75) is 12.6 Å². The zero-order chi connectivity index (χ0) is 17.3. The smallest absolute Gasteiger partial charge is 0.416 e. The van der Waals surface area contributed by atoms with Gasteiger partial charge in [-0.05, 0) is 36.2 Å². The van der Waals surface area contributed by atoms with E-state index in [1.54, 1.807) is 0 Å². The first kappa shape index (κ1) is 16.6. The zero-order valence-electron chi connectivity index (χ0n) is 12.4. The maximum Gasteiger partial charge on any atom is 0.416 e. The fourth-order valence-electron chi connectivity index (χ4n) is 2.53. The Hall–Kier alpha value is -2.21. The van der Waals surface area contributed by atoms with Gasteiger partial charge >= 0.3 is 6.18 Å². The van der Waals surface area contributed by atoms with Gasteiger partial charge in [0, 0.05) is 0 Å². The Morgan fingerprint density at radius 2 is 1.96 bits per heavy atom. The summed E-state index contributed by atoms with van der Waals surface area (Å²) in [5.74, 6) is -0.199. The van der Waals surface area contributed by atoms with E-state index in [-0.39, 0.29) is 17.3 Å². The highest BCUT2D eigenvalue weighted by Gasteiger charge is 2.32. The Kier molecular flexibility index (Phi) is 4.41. The lowest BCUT2D eigenvalue weighted by atomic mass is 9.96. The summed E-state index contributed by atoms with van der Waals surface area (Å²) in [6.45, 7) is 0.166. The molecule has 1 atom stereocenters. The van der Waals surface area contributed by atoms with E-state index in [2.05, 4.69) is 5.32 Å². The van der Waals surface area contributed by atoms with Crippen LogP contribution in [0.1, 0.15) is 11.1 Å². The van der Waals surface area contributed by atoms with Crippen molar-refractivity contribution in [2.75, 3.05) is 11.9 Å². The standard InChI is InChI=1S/C17H13ClF3NO2/c18-13-6-5-12(17(19,20)21)8-14(13)22-16(23)11-7-10-3-1-2-4-15(10)24-9-11/h1-6,8,11H,7,9H2,(H,22,23)/t11-/m0/s1. The highest BCUT2D eigenvalue weighted by atomic mass is 35.5. The fraction of sp³-hybridized carbons (Fsp3) is 0.235. The van der Waals surface area contributed by atoms with E-state index in [1.807, 2.05) is 24.3 Å². The number of rotatable bonds is 2. The number of halogens is 4. The molecule has 1 aliphatic heterocycles. The summed E-state index contributed by atoms with van der Waals surface area (Å²) in [6.07, 6.45) is -4.05. The molecule has 126 valence electrons.